The lowest BCUT2D eigenvalue weighted by atomic mass is 9.49. The molecule has 11 nitrogen and oxygen atoms in total. The average molecular weight is 1180 g/mol. The molecule has 0 unspecified atom stereocenters. The molecule has 3 aliphatic heterocycles. The molecule has 0 amide bonds. The lowest BCUT2D eigenvalue weighted by Crippen LogP contribution is -2.61. The number of esters is 2. The predicted molar refractivity (Wildman–Crippen MR) is 338 cm³/mol. The number of rotatable bonds is 8. The highest BCUT2D eigenvalue weighted by atomic mass is 16.6. The fraction of sp³-hybridized carbons (Fsp3) is 0.390. The minimum Gasteiger partial charge on any atom is -0.482 e. The lowest BCUT2D eigenvalue weighted by Gasteiger charge is -2.53. The van der Waals surface area contributed by atoms with Gasteiger partial charge in [-0.2, -0.15) is 0 Å². The van der Waals surface area contributed by atoms with Gasteiger partial charge in [0.05, 0.1) is 25.4 Å². The molecular formula is C77H76O11. The van der Waals surface area contributed by atoms with Crippen molar-refractivity contribution in [3.8, 4) is 5.75 Å². The maximum atomic E-state index is 16.0. The summed E-state index contributed by atoms with van der Waals surface area (Å²) in [5, 5.41) is 32.8. The standard InChI is InChI=1S/C77H76O11/c1-44(41-79)54-29-21-45-19-22-47(23-20-45)55-30-26-49(57-15-8-18-65-60(57)32-28-53-13-7-12-52-27-24-48-11-4-6-17-64(48)77(52,53)65)38-51(55)39-68(81)85-72-70-67(34-33-61-63(42-80)69(75(83)86-71(61)70)50(35-37-78)43-84-2)88-76(73(72)87-74(54)82)36-9-16-59-58-31-25-46-10-3-5-14-56(46)62(58)40-66(59)76/h3-6,8-11,14-20,22-28,30-34,49-53,55,58-59,62,66,72-73,78-80H,7,12-13,21,29,35-43H2,1-2H3/b54-44-/t49-,50+,51-,52-,53+,55-,58+,59-,62+,66+,72+,73-,76-,77-/m0/s1. The summed E-state index contributed by atoms with van der Waals surface area (Å²) in [5.74, 6) is -1.35. The van der Waals surface area contributed by atoms with Gasteiger partial charge in [0, 0.05) is 72.2 Å². The average Bonchev–Trinajstić information content (AvgIpc) is 0.986. The summed E-state index contributed by atoms with van der Waals surface area (Å²) in [6, 6.07) is 36.5. The van der Waals surface area contributed by atoms with Crippen LogP contribution in [0.25, 0.3) is 29.2 Å². The van der Waals surface area contributed by atoms with Gasteiger partial charge in [-0.25, -0.2) is 9.59 Å². The zero-order chi connectivity index (χ0) is 60.0. The van der Waals surface area contributed by atoms with E-state index in [4.69, 9.17) is 23.4 Å². The van der Waals surface area contributed by atoms with Crippen LogP contribution in [0.15, 0.2) is 166 Å². The van der Waals surface area contributed by atoms with Crippen LogP contribution >= 0.6 is 0 Å². The molecule has 2 fully saturated rings. The number of hydrogen-bond donors (Lipinski definition) is 3. The molecule has 5 aromatic carbocycles. The maximum absolute atomic E-state index is 16.0. The third kappa shape index (κ3) is 8.98. The van der Waals surface area contributed by atoms with E-state index >= 15 is 9.59 Å². The third-order valence-electron chi connectivity index (χ3n) is 22.3. The molecule has 2 bridgehead atoms. The SMILES string of the molecule is COC[C@@H](CCO)c1c(CO)c2ccc3c(c2oc1=O)[C@H]1OC(=O)C[C@@H]2C[C@@H](c4cccc5c4C=C[C@H]4CCC[C@H]6C=Cc7ccccc7[C@]564)C=C[C@H]2c2ccc(cc2)CC/C(=C(\C)CO)C(=O)O[C@@H]1[C@@]1(CC=C[C@H]2[C@H]4C=Cc5ccccc5[C@H]4C[C@H]21)O3. The first-order valence-corrected chi connectivity index (χ1v) is 32.1. The third-order valence-corrected chi connectivity index (χ3v) is 22.3. The van der Waals surface area contributed by atoms with Crippen molar-refractivity contribution in [1.29, 1.82) is 0 Å². The molecule has 0 saturated heterocycles. The topological polar surface area (TPSA) is 162 Å². The second-order valence-electron chi connectivity index (χ2n) is 26.5. The van der Waals surface area contributed by atoms with Gasteiger partial charge in [-0.15, -0.1) is 0 Å². The molecule has 4 heterocycles. The fourth-order valence-corrected chi connectivity index (χ4v) is 18.4. The number of carbonyl (C=O) groups excluding carboxylic acids is 2. The Balaban J connectivity index is 0.887. The number of allylic oxidation sites excluding steroid dienone is 6. The van der Waals surface area contributed by atoms with Crippen molar-refractivity contribution < 1.29 is 48.3 Å². The quantitative estimate of drug-likeness (QED) is 0.0576. The molecule has 88 heavy (non-hydrogen) atoms. The van der Waals surface area contributed by atoms with Crippen molar-refractivity contribution >= 4 is 41.1 Å². The minimum atomic E-state index is -1.39. The number of benzene rings is 5. The van der Waals surface area contributed by atoms with Crippen LogP contribution in [-0.4, -0.2) is 65.9 Å². The van der Waals surface area contributed by atoms with Crippen LogP contribution in [0.1, 0.15) is 161 Å². The van der Waals surface area contributed by atoms with Crippen LogP contribution in [0.5, 0.6) is 5.75 Å². The Kier molecular flexibility index (Phi) is 14.7. The minimum absolute atomic E-state index is 0.00218. The van der Waals surface area contributed by atoms with Gasteiger partial charge < -0.3 is 38.7 Å². The number of aliphatic hydroxyl groups excluding tert-OH is 3. The summed E-state index contributed by atoms with van der Waals surface area (Å²) in [7, 11) is 1.52. The van der Waals surface area contributed by atoms with Crippen molar-refractivity contribution in [2.45, 2.75) is 125 Å². The summed E-state index contributed by atoms with van der Waals surface area (Å²) in [4.78, 5) is 46.4. The van der Waals surface area contributed by atoms with Crippen molar-refractivity contribution in [1.82, 2.24) is 0 Å². The Morgan fingerprint density at radius 3 is 2.33 bits per heavy atom. The van der Waals surface area contributed by atoms with Gasteiger partial charge in [-0.3, -0.25) is 4.79 Å². The van der Waals surface area contributed by atoms with Crippen LogP contribution < -0.4 is 10.4 Å². The molecule has 450 valence electrons. The molecule has 2 saturated carbocycles. The van der Waals surface area contributed by atoms with Crippen LogP contribution in [0, 0.1) is 35.5 Å². The zero-order valence-electron chi connectivity index (χ0n) is 50.0. The maximum Gasteiger partial charge on any atom is 0.340 e. The van der Waals surface area contributed by atoms with E-state index in [-0.39, 0.29) is 108 Å². The van der Waals surface area contributed by atoms with Crippen molar-refractivity contribution in [3.05, 3.63) is 234 Å². The van der Waals surface area contributed by atoms with Crippen molar-refractivity contribution in [3.63, 3.8) is 0 Å². The van der Waals surface area contributed by atoms with Crippen LogP contribution in [0.3, 0.4) is 0 Å². The second-order valence-corrected chi connectivity index (χ2v) is 26.5. The lowest BCUT2D eigenvalue weighted by molar-refractivity contribution is -0.205. The number of aryl methyl sites for hydroxylation is 1. The summed E-state index contributed by atoms with van der Waals surface area (Å²) in [6.45, 7) is 0.650. The summed E-state index contributed by atoms with van der Waals surface area (Å²) < 4.78 is 34.0. The zero-order valence-corrected chi connectivity index (χ0v) is 50.0. The highest BCUT2D eigenvalue weighted by Gasteiger charge is 2.65. The van der Waals surface area contributed by atoms with E-state index in [9.17, 15) is 20.1 Å². The first-order chi connectivity index (χ1) is 43.1. The van der Waals surface area contributed by atoms with Crippen molar-refractivity contribution in [2.24, 2.45) is 35.5 Å². The number of aliphatic hydroxyl groups is 3. The molecular weight excluding hydrogens is 1100 g/mol. The fourth-order valence-electron chi connectivity index (χ4n) is 18.4. The Labute approximate surface area is 513 Å². The molecule has 6 aromatic rings. The van der Waals surface area contributed by atoms with E-state index in [0.29, 0.717) is 59.8 Å². The molecule has 0 radical (unpaired) electrons. The van der Waals surface area contributed by atoms with E-state index in [0.717, 1.165) is 29.5 Å². The van der Waals surface area contributed by atoms with Crippen LogP contribution in [-0.2, 0) is 42.2 Å². The molecule has 11 heteroatoms. The first kappa shape index (κ1) is 56.8. The van der Waals surface area contributed by atoms with Gasteiger partial charge in [0.2, 0.25) is 0 Å². The number of fused-ring (bicyclic) bond motifs is 19. The van der Waals surface area contributed by atoms with Crippen LogP contribution in [0.2, 0.25) is 0 Å². The number of methoxy groups -OCH3 is 1. The first-order valence-electron chi connectivity index (χ1n) is 32.1. The van der Waals surface area contributed by atoms with Gasteiger partial charge in [-0.05, 0) is 161 Å². The van der Waals surface area contributed by atoms with Gasteiger partial charge in [0.1, 0.15) is 11.3 Å². The van der Waals surface area contributed by atoms with Gasteiger partial charge in [0.25, 0.3) is 0 Å². The van der Waals surface area contributed by atoms with E-state index in [1.54, 1.807) is 19.1 Å². The summed E-state index contributed by atoms with van der Waals surface area (Å²) in [5.41, 5.74) is 10.3. The molecule has 14 atom stereocenters. The van der Waals surface area contributed by atoms with Gasteiger partial charge in [-0.1, -0.05) is 158 Å². The monoisotopic (exact) mass is 1180 g/mol. The number of ether oxygens (including phenoxy) is 4. The van der Waals surface area contributed by atoms with E-state index in [2.05, 4.69) is 152 Å². The Morgan fingerprint density at radius 1 is 0.750 bits per heavy atom. The molecule has 3 N–H and O–H groups in total. The Hall–Kier alpha value is -7.67. The van der Waals surface area contributed by atoms with E-state index < -0.39 is 47.9 Å². The normalized spacial score (nSPS) is 31.3. The molecule has 7 aliphatic carbocycles. The Bertz CT molecular complexity index is 4020. The largest absolute Gasteiger partial charge is 0.482 e. The summed E-state index contributed by atoms with van der Waals surface area (Å²) in [6.07, 6.45) is 26.5. The highest BCUT2D eigenvalue weighted by molar-refractivity contribution is 5.91. The smallest absolute Gasteiger partial charge is 0.340 e. The summed E-state index contributed by atoms with van der Waals surface area (Å²) >= 11 is 0. The Morgan fingerprint density at radius 2 is 1.52 bits per heavy atom. The molecule has 10 aliphatic rings. The number of hydrogen-bond acceptors (Lipinski definition) is 11. The number of carbonyl (C=O) groups is 2. The van der Waals surface area contributed by atoms with E-state index in [1.165, 1.54) is 46.9 Å². The van der Waals surface area contributed by atoms with Crippen molar-refractivity contribution in [2.75, 3.05) is 26.9 Å². The van der Waals surface area contributed by atoms with E-state index in [1.807, 2.05) is 0 Å². The molecule has 2 spiro atoms. The molecule has 1 aromatic heterocycles. The molecule has 16 rings (SSSR count). The van der Waals surface area contributed by atoms with Gasteiger partial charge >= 0.3 is 17.6 Å². The highest BCUT2D eigenvalue weighted by Crippen LogP contribution is 2.63. The predicted octanol–water partition coefficient (Wildman–Crippen LogP) is 13.6. The van der Waals surface area contributed by atoms with Crippen LogP contribution in [0.4, 0.5) is 0 Å². The van der Waals surface area contributed by atoms with Gasteiger partial charge in [0.15, 0.2) is 17.8 Å². The second kappa shape index (κ2) is 22.7.